The van der Waals surface area contributed by atoms with Crippen LogP contribution in [0.2, 0.25) is 0 Å². The van der Waals surface area contributed by atoms with Crippen LogP contribution >= 0.6 is 0 Å². The molecule has 0 aromatic rings. The van der Waals surface area contributed by atoms with Crippen molar-refractivity contribution in [2.24, 2.45) is 5.92 Å². The van der Waals surface area contributed by atoms with Gasteiger partial charge in [-0.1, -0.05) is 65.2 Å². The van der Waals surface area contributed by atoms with Crippen LogP contribution in [-0.4, -0.2) is 25.7 Å². The zero-order valence-electron chi connectivity index (χ0n) is 16.1. The second-order valence-electron chi connectivity index (χ2n) is 6.57. The van der Waals surface area contributed by atoms with Gasteiger partial charge in [0.05, 0.1) is 19.6 Å². The van der Waals surface area contributed by atoms with Gasteiger partial charge in [-0.3, -0.25) is 9.59 Å². The number of rotatable bonds is 16. The van der Waals surface area contributed by atoms with Crippen molar-refractivity contribution in [1.82, 2.24) is 0 Å². The van der Waals surface area contributed by atoms with Crippen LogP contribution in [0.1, 0.15) is 97.3 Å². The van der Waals surface area contributed by atoms with E-state index < -0.39 is 0 Å². The van der Waals surface area contributed by atoms with Gasteiger partial charge in [-0.2, -0.15) is 0 Å². The van der Waals surface area contributed by atoms with Crippen molar-refractivity contribution in [3.63, 3.8) is 0 Å². The highest BCUT2D eigenvalue weighted by molar-refractivity contribution is 5.72. The second-order valence-corrected chi connectivity index (χ2v) is 6.57. The Balaban J connectivity index is 3.42. The molecule has 0 saturated heterocycles. The molecule has 0 aliphatic heterocycles. The van der Waals surface area contributed by atoms with Crippen LogP contribution in [0.4, 0.5) is 0 Å². The topological polar surface area (TPSA) is 52.6 Å². The first-order valence-electron chi connectivity index (χ1n) is 9.89. The van der Waals surface area contributed by atoms with Crippen molar-refractivity contribution >= 4 is 11.9 Å². The van der Waals surface area contributed by atoms with Crippen LogP contribution in [0.3, 0.4) is 0 Å². The van der Waals surface area contributed by atoms with E-state index in [1.807, 2.05) is 6.92 Å². The van der Waals surface area contributed by atoms with E-state index in [0.717, 1.165) is 19.3 Å². The molecule has 0 amide bonds. The zero-order chi connectivity index (χ0) is 18.0. The summed E-state index contributed by atoms with van der Waals surface area (Å²) in [7, 11) is 1.41. The summed E-state index contributed by atoms with van der Waals surface area (Å²) in [6.45, 7) is 4.73. The first-order chi connectivity index (χ1) is 11.7. The fourth-order valence-corrected chi connectivity index (χ4v) is 2.82. The number of carbonyl (C=O) groups is 2. The molecule has 0 radical (unpaired) electrons. The van der Waals surface area contributed by atoms with Crippen molar-refractivity contribution < 1.29 is 19.1 Å². The lowest BCUT2D eigenvalue weighted by molar-refractivity contribution is -0.147. The quantitative estimate of drug-likeness (QED) is 0.277. The average molecular weight is 343 g/mol. The molecular weight excluding hydrogens is 304 g/mol. The van der Waals surface area contributed by atoms with Gasteiger partial charge in [-0.25, -0.2) is 0 Å². The lowest BCUT2D eigenvalue weighted by Gasteiger charge is -2.11. The molecule has 0 aliphatic rings. The van der Waals surface area contributed by atoms with E-state index in [0.29, 0.717) is 25.9 Å². The van der Waals surface area contributed by atoms with E-state index in [1.165, 1.54) is 52.1 Å². The SMILES string of the molecule is CCCCCCCCCCCOC(=O)CCCC(CC)C(=O)OC. The molecule has 0 aromatic heterocycles. The molecular formula is C20H38O4. The summed E-state index contributed by atoms with van der Waals surface area (Å²) in [5, 5.41) is 0. The van der Waals surface area contributed by atoms with Gasteiger partial charge in [-0.05, 0) is 25.7 Å². The Kier molecular flexibility index (Phi) is 16.0. The molecule has 4 heteroatoms. The van der Waals surface area contributed by atoms with Crippen molar-refractivity contribution in [2.75, 3.05) is 13.7 Å². The van der Waals surface area contributed by atoms with Gasteiger partial charge in [0.2, 0.25) is 0 Å². The number of carbonyl (C=O) groups excluding carboxylic acids is 2. The highest BCUT2D eigenvalue weighted by atomic mass is 16.5. The summed E-state index contributed by atoms with van der Waals surface area (Å²) in [5.74, 6) is -0.421. The minimum Gasteiger partial charge on any atom is -0.469 e. The molecule has 0 fully saturated rings. The van der Waals surface area contributed by atoms with E-state index in [2.05, 4.69) is 6.92 Å². The first kappa shape index (κ1) is 22.9. The molecule has 0 rings (SSSR count). The van der Waals surface area contributed by atoms with Crippen LogP contribution in [0.15, 0.2) is 0 Å². The van der Waals surface area contributed by atoms with Gasteiger partial charge in [0.25, 0.3) is 0 Å². The van der Waals surface area contributed by atoms with E-state index in [4.69, 9.17) is 9.47 Å². The molecule has 0 saturated carbocycles. The predicted octanol–water partition coefficient (Wildman–Crippen LogP) is 5.43. The Morgan fingerprint density at radius 2 is 1.42 bits per heavy atom. The zero-order valence-corrected chi connectivity index (χ0v) is 16.1. The first-order valence-corrected chi connectivity index (χ1v) is 9.89. The lowest BCUT2D eigenvalue weighted by Crippen LogP contribution is -2.16. The van der Waals surface area contributed by atoms with Gasteiger partial charge in [0.15, 0.2) is 0 Å². The standard InChI is InChI=1S/C20H38O4/c1-4-6-7-8-9-10-11-12-13-17-24-19(21)16-14-15-18(5-2)20(22)23-3/h18H,4-17H2,1-3H3. The summed E-state index contributed by atoms with van der Waals surface area (Å²) in [6, 6.07) is 0. The Hall–Kier alpha value is -1.06. The number of unbranched alkanes of at least 4 members (excludes halogenated alkanes) is 8. The molecule has 0 N–H and O–H groups in total. The fourth-order valence-electron chi connectivity index (χ4n) is 2.82. The Morgan fingerprint density at radius 3 is 1.96 bits per heavy atom. The molecule has 142 valence electrons. The number of esters is 2. The maximum Gasteiger partial charge on any atom is 0.308 e. The maximum absolute atomic E-state index is 11.6. The monoisotopic (exact) mass is 342 g/mol. The van der Waals surface area contributed by atoms with Gasteiger partial charge in [0.1, 0.15) is 0 Å². The molecule has 1 unspecified atom stereocenters. The third kappa shape index (κ3) is 13.4. The van der Waals surface area contributed by atoms with Crippen molar-refractivity contribution in [3.8, 4) is 0 Å². The Labute approximate surface area is 148 Å². The molecule has 4 nitrogen and oxygen atoms in total. The highest BCUT2D eigenvalue weighted by Crippen LogP contribution is 2.14. The summed E-state index contributed by atoms with van der Waals surface area (Å²) < 4.78 is 9.99. The van der Waals surface area contributed by atoms with Crippen LogP contribution in [-0.2, 0) is 19.1 Å². The Morgan fingerprint density at radius 1 is 0.833 bits per heavy atom. The predicted molar refractivity (Wildman–Crippen MR) is 97.8 cm³/mol. The van der Waals surface area contributed by atoms with Crippen LogP contribution in [0.5, 0.6) is 0 Å². The van der Waals surface area contributed by atoms with Crippen LogP contribution in [0.25, 0.3) is 0 Å². The number of ether oxygens (including phenoxy) is 2. The minimum absolute atomic E-state index is 0.0971. The van der Waals surface area contributed by atoms with Crippen molar-refractivity contribution in [3.05, 3.63) is 0 Å². The lowest BCUT2D eigenvalue weighted by atomic mass is 9.99. The molecule has 0 bridgehead atoms. The van der Waals surface area contributed by atoms with E-state index >= 15 is 0 Å². The second kappa shape index (κ2) is 16.8. The van der Waals surface area contributed by atoms with Crippen LogP contribution in [0, 0.1) is 5.92 Å². The molecule has 0 aromatic carbocycles. The van der Waals surface area contributed by atoms with Crippen molar-refractivity contribution in [1.29, 1.82) is 0 Å². The van der Waals surface area contributed by atoms with Gasteiger partial charge in [-0.15, -0.1) is 0 Å². The van der Waals surface area contributed by atoms with Gasteiger partial charge in [0, 0.05) is 6.42 Å². The summed E-state index contributed by atoms with van der Waals surface area (Å²) in [5.41, 5.74) is 0. The number of hydrogen-bond donors (Lipinski definition) is 0. The minimum atomic E-state index is -0.180. The number of hydrogen-bond acceptors (Lipinski definition) is 4. The van der Waals surface area contributed by atoms with Crippen molar-refractivity contribution in [2.45, 2.75) is 97.3 Å². The molecule has 1 atom stereocenters. The van der Waals surface area contributed by atoms with Gasteiger partial charge >= 0.3 is 11.9 Å². The normalized spacial score (nSPS) is 12.0. The van der Waals surface area contributed by atoms with E-state index in [1.54, 1.807) is 0 Å². The third-order valence-electron chi connectivity index (χ3n) is 4.47. The Bertz CT molecular complexity index is 315. The van der Waals surface area contributed by atoms with E-state index in [9.17, 15) is 9.59 Å². The van der Waals surface area contributed by atoms with Gasteiger partial charge < -0.3 is 9.47 Å². The average Bonchev–Trinajstić information content (AvgIpc) is 2.59. The highest BCUT2D eigenvalue weighted by Gasteiger charge is 2.17. The summed E-state index contributed by atoms with van der Waals surface area (Å²) >= 11 is 0. The summed E-state index contributed by atoms with van der Waals surface area (Å²) in [6.07, 6.45) is 13.9. The molecule has 0 heterocycles. The molecule has 24 heavy (non-hydrogen) atoms. The van der Waals surface area contributed by atoms with Crippen LogP contribution < -0.4 is 0 Å². The molecule has 0 aliphatic carbocycles. The molecule has 0 spiro atoms. The largest absolute Gasteiger partial charge is 0.469 e. The van der Waals surface area contributed by atoms with E-state index in [-0.39, 0.29) is 17.9 Å². The fraction of sp³-hybridized carbons (Fsp3) is 0.900. The third-order valence-corrected chi connectivity index (χ3v) is 4.47. The smallest absolute Gasteiger partial charge is 0.308 e. The number of methoxy groups -OCH3 is 1. The maximum atomic E-state index is 11.6. The summed E-state index contributed by atoms with van der Waals surface area (Å²) in [4.78, 5) is 23.1.